The quantitative estimate of drug-likeness (QED) is 0.526. The highest BCUT2D eigenvalue weighted by atomic mass is 16.3. The fourth-order valence-corrected chi connectivity index (χ4v) is 3.87. The number of rotatable bonds is 2. The summed E-state index contributed by atoms with van der Waals surface area (Å²) in [5.74, 6) is -0.152. The van der Waals surface area contributed by atoms with Gasteiger partial charge in [-0.05, 0) is 6.42 Å². The Hall–Kier alpha value is -2.26. The van der Waals surface area contributed by atoms with Crippen LogP contribution in [0.1, 0.15) is 12.5 Å². The molecule has 5 atom stereocenters. The maximum atomic E-state index is 12.1. The molecule has 2 aliphatic rings. The second kappa shape index (κ2) is 4.14. The van der Waals surface area contributed by atoms with Crippen LogP contribution in [0.3, 0.4) is 0 Å². The molecule has 2 aliphatic carbocycles. The molecule has 5 N–H and O–H groups in total. The lowest BCUT2D eigenvalue weighted by Gasteiger charge is -2.23. The van der Waals surface area contributed by atoms with Crippen LogP contribution in [0.15, 0.2) is 12.7 Å². The van der Waals surface area contributed by atoms with Gasteiger partial charge in [-0.15, -0.1) is 0 Å². The molecule has 1 amide bonds. The van der Waals surface area contributed by atoms with E-state index in [1.807, 2.05) is 0 Å². The fourth-order valence-electron chi connectivity index (χ4n) is 3.87. The van der Waals surface area contributed by atoms with E-state index in [0.717, 1.165) is 0 Å². The Morgan fingerprint density at radius 1 is 1.45 bits per heavy atom. The van der Waals surface area contributed by atoms with Gasteiger partial charge in [-0.2, -0.15) is 0 Å². The minimum absolute atomic E-state index is 0.161. The van der Waals surface area contributed by atoms with Crippen LogP contribution in [-0.4, -0.2) is 54.9 Å². The van der Waals surface area contributed by atoms with Crippen LogP contribution in [-0.2, 0) is 4.79 Å². The topological polar surface area (TPSA) is 139 Å². The molecule has 0 spiro atoms. The SMILES string of the molecule is CNC(=O)[C@@]12C[C@@H]1[C@@H](n1cnc3c(N)ncnc31)[C@@H](O)C2O. The van der Waals surface area contributed by atoms with Crippen LogP contribution in [0.5, 0.6) is 0 Å². The zero-order valence-corrected chi connectivity index (χ0v) is 11.8. The second-order valence-electron chi connectivity index (χ2n) is 5.94. The molecule has 2 fully saturated rings. The maximum Gasteiger partial charge on any atom is 0.229 e. The van der Waals surface area contributed by atoms with Gasteiger partial charge in [-0.25, -0.2) is 15.0 Å². The number of anilines is 1. The van der Waals surface area contributed by atoms with Crippen molar-refractivity contribution in [1.29, 1.82) is 0 Å². The van der Waals surface area contributed by atoms with Crippen LogP contribution < -0.4 is 11.1 Å². The summed E-state index contributed by atoms with van der Waals surface area (Å²) in [5.41, 5.74) is 5.78. The molecule has 4 rings (SSSR count). The third-order valence-corrected chi connectivity index (χ3v) is 5.03. The van der Waals surface area contributed by atoms with Gasteiger partial charge in [0.2, 0.25) is 5.91 Å². The number of nitrogens with zero attached hydrogens (tertiary/aromatic N) is 4. The molecule has 2 aromatic rings. The number of nitrogens with one attached hydrogen (secondary N) is 1. The van der Waals surface area contributed by atoms with Gasteiger partial charge in [0.25, 0.3) is 0 Å². The fraction of sp³-hybridized carbons (Fsp3) is 0.538. The summed E-state index contributed by atoms with van der Waals surface area (Å²) in [7, 11) is 1.53. The summed E-state index contributed by atoms with van der Waals surface area (Å²) in [6.07, 6.45) is 1.19. The Balaban J connectivity index is 1.80. The number of hydrogen-bond acceptors (Lipinski definition) is 7. The Labute approximate surface area is 125 Å². The number of aliphatic hydroxyl groups is 2. The van der Waals surface area contributed by atoms with Crippen LogP contribution >= 0.6 is 0 Å². The molecule has 2 saturated carbocycles. The molecule has 0 aromatic carbocycles. The lowest BCUT2D eigenvalue weighted by Crippen LogP contribution is -2.41. The van der Waals surface area contributed by atoms with Crippen molar-refractivity contribution in [3.05, 3.63) is 12.7 Å². The number of amides is 1. The molecule has 22 heavy (non-hydrogen) atoms. The molecule has 116 valence electrons. The van der Waals surface area contributed by atoms with Crippen LogP contribution in [0.2, 0.25) is 0 Å². The van der Waals surface area contributed by atoms with Gasteiger partial charge in [0.15, 0.2) is 11.5 Å². The van der Waals surface area contributed by atoms with E-state index in [0.29, 0.717) is 17.6 Å². The predicted octanol–water partition coefficient (Wildman–Crippen LogP) is -1.56. The van der Waals surface area contributed by atoms with Gasteiger partial charge in [-0.1, -0.05) is 0 Å². The number of nitrogen functional groups attached to an aromatic ring is 1. The summed E-state index contributed by atoms with van der Waals surface area (Å²) in [6, 6.07) is -0.466. The van der Waals surface area contributed by atoms with E-state index < -0.39 is 23.7 Å². The number of aromatic nitrogens is 4. The highest BCUT2D eigenvalue weighted by molar-refractivity contribution is 5.88. The summed E-state index contributed by atoms with van der Waals surface area (Å²) in [4.78, 5) is 24.3. The van der Waals surface area contributed by atoms with E-state index in [-0.39, 0.29) is 17.6 Å². The van der Waals surface area contributed by atoms with Gasteiger partial charge >= 0.3 is 0 Å². The van der Waals surface area contributed by atoms with Crippen molar-refractivity contribution in [2.45, 2.75) is 24.7 Å². The molecule has 0 bridgehead atoms. The monoisotopic (exact) mass is 304 g/mol. The highest BCUT2D eigenvalue weighted by Crippen LogP contribution is 2.67. The van der Waals surface area contributed by atoms with Gasteiger partial charge < -0.3 is 25.8 Å². The van der Waals surface area contributed by atoms with E-state index in [2.05, 4.69) is 20.3 Å². The third kappa shape index (κ3) is 1.39. The minimum Gasteiger partial charge on any atom is -0.389 e. The van der Waals surface area contributed by atoms with E-state index in [9.17, 15) is 15.0 Å². The van der Waals surface area contributed by atoms with Gasteiger partial charge in [-0.3, -0.25) is 4.79 Å². The van der Waals surface area contributed by atoms with Crippen molar-refractivity contribution in [2.24, 2.45) is 11.3 Å². The number of carbonyl (C=O) groups excluding carboxylic acids is 1. The van der Waals surface area contributed by atoms with Crippen molar-refractivity contribution in [2.75, 3.05) is 12.8 Å². The maximum absolute atomic E-state index is 12.1. The normalized spacial score (nSPS) is 36.3. The van der Waals surface area contributed by atoms with E-state index in [1.165, 1.54) is 19.7 Å². The van der Waals surface area contributed by atoms with Crippen molar-refractivity contribution in [3.63, 3.8) is 0 Å². The lowest BCUT2D eigenvalue weighted by molar-refractivity contribution is -0.132. The third-order valence-electron chi connectivity index (χ3n) is 5.03. The van der Waals surface area contributed by atoms with Crippen molar-refractivity contribution >= 4 is 22.9 Å². The largest absolute Gasteiger partial charge is 0.389 e. The Morgan fingerprint density at radius 3 is 2.95 bits per heavy atom. The molecule has 9 heteroatoms. The highest BCUT2D eigenvalue weighted by Gasteiger charge is 2.75. The summed E-state index contributed by atoms with van der Waals surface area (Å²) in [6.45, 7) is 0. The van der Waals surface area contributed by atoms with Crippen molar-refractivity contribution < 1.29 is 15.0 Å². The molecule has 1 unspecified atom stereocenters. The average molecular weight is 304 g/mol. The zero-order valence-electron chi connectivity index (χ0n) is 11.8. The van der Waals surface area contributed by atoms with Gasteiger partial charge in [0, 0.05) is 13.0 Å². The van der Waals surface area contributed by atoms with Crippen molar-refractivity contribution in [1.82, 2.24) is 24.8 Å². The molecule has 0 aliphatic heterocycles. The molecule has 0 saturated heterocycles. The number of carbonyl (C=O) groups is 1. The van der Waals surface area contributed by atoms with Gasteiger partial charge in [0.1, 0.15) is 17.9 Å². The molecule has 2 heterocycles. The Bertz CT molecular complexity index is 776. The molecule has 2 aromatic heterocycles. The Kier molecular flexibility index (Phi) is 2.52. The van der Waals surface area contributed by atoms with E-state index >= 15 is 0 Å². The smallest absolute Gasteiger partial charge is 0.229 e. The second-order valence-corrected chi connectivity index (χ2v) is 5.94. The lowest BCUT2D eigenvalue weighted by atomic mass is 9.98. The minimum atomic E-state index is -1.11. The number of hydrogen-bond donors (Lipinski definition) is 4. The van der Waals surface area contributed by atoms with Gasteiger partial charge in [0.05, 0.1) is 23.9 Å². The number of aliphatic hydroxyl groups excluding tert-OH is 2. The van der Waals surface area contributed by atoms with E-state index in [4.69, 9.17) is 5.73 Å². The first-order chi connectivity index (χ1) is 10.5. The predicted molar refractivity (Wildman–Crippen MR) is 75.4 cm³/mol. The van der Waals surface area contributed by atoms with Crippen molar-refractivity contribution in [3.8, 4) is 0 Å². The standard InChI is InChI=1S/C13H16N6O3/c1-15-12(22)13-2-5(13)7(8(20)9(13)21)19-4-18-6-10(14)16-3-17-11(6)19/h3-5,7-9,20-21H,2H2,1H3,(H,15,22)(H2,14,16,17)/t5-,7-,8-,9?,13+/m1/s1. The molecule has 0 radical (unpaired) electrons. The van der Waals surface area contributed by atoms with Crippen LogP contribution in [0, 0.1) is 11.3 Å². The first-order valence-electron chi connectivity index (χ1n) is 7.03. The molecule has 9 nitrogen and oxygen atoms in total. The molecular weight excluding hydrogens is 288 g/mol. The first-order valence-corrected chi connectivity index (χ1v) is 7.03. The van der Waals surface area contributed by atoms with Crippen LogP contribution in [0.4, 0.5) is 5.82 Å². The first kappa shape index (κ1) is 13.4. The summed E-state index contributed by atoms with van der Waals surface area (Å²) >= 11 is 0. The van der Waals surface area contributed by atoms with Crippen LogP contribution in [0.25, 0.3) is 11.2 Å². The number of nitrogens with two attached hydrogens (primary N) is 1. The zero-order chi connectivity index (χ0) is 15.6. The number of fused-ring (bicyclic) bond motifs is 2. The van der Waals surface area contributed by atoms with E-state index in [1.54, 1.807) is 4.57 Å². The Morgan fingerprint density at radius 2 is 2.23 bits per heavy atom. The molecular formula is C13H16N6O3. The average Bonchev–Trinajstić information content (AvgIpc) is 3.04. The summed E-state index contributed by atoms with van der Waals surface area (Å²) in [5, 5.41) is 23.3. The number of imidazole rings is 1. The summed E-state index contributed by atoms with van der Waals surface area (Å²) < 4.78 is 1.68.